The summed E-state index contributed by atoms with van der Waals surface area (Å²) in [5, 5.41) is 12.0. The summed E-state index contributed by atoms with van der Waals surface area (Å²) in [7, 11) is 0. The van der Waals surface area contributed by atoms with Crippen molar-refractivity contribution in [3.05, 3.63) is 35.9 Å². The van der Waals surface area contributed by atoms with Crippen molar-refractivity contribution in [1.29, 1.82) is 5.26 Å². The van der Waals surface area contributed by atoms with Crippen LogP contribution in [-0.2, 0) is 16.1 Å². The van der Waals surface area contributed by atoms with E-state index in [4.69, 9.17) is 14.7 Å². The lowest BCUT2D eigenvalue weighted by atomic mass is 9.85. The molecule has 1 aliphatic rings. The number of likely N-dealkylation sites (tertiary alicyclic amines) is 1. The lowest BCUT2D eigenvalue weighted by Crippen LogP contribution is -2.56. The van der Waals surface area contributed by atoms with Gasteiger partial charge in [-0.25, -0.2) is 9.59 Å². The zero-order valence-electron chi connectivity index (χ0n) is 16.2. The van der Waals surface area contributed by atoms with Gasteiger partial charge in [-0.05, 0) is 39.2 Å². The van der Waals surface area contributed by atoms with E-state index < -0.39 is 17.2 Å². The Hall–Kier alpha value is -2.75. The van der Waals surface area contributed by atoms with Crippen molar-refractivity contribution in [3.8, 4) is 6.07 Å². The molecule has 0 atom stereocenters. The Morgan fingerprint density at radius 1 is 1.22 bits per heavy atom. The highest BCUT2D eigenvalue weighted by Gasteiger charge is 2.38. The van der Waals surface area contributed by atoms with Gasteiger partial charge in [-0.3, -0.25) is 0 Å². The van der Waals surface area contributed by atoms with Crippen LogP contribution in [0.4, 0.5) is 9.59 Å². The number of nitrogens with one attached hydrogen (secondary N) is 1. The molecule has 27 heavy (non-hydrogen) atoms. The van der Waals surface area contributed by atoms with Gasteiger partial charge in [0.05, 0.1) is 18.0 Å². The fourth-order valence-corrected chi connectivity index (χ4v) is 2.95. The number of piperidine rings is 1. The Morgan fingerprint density at radius 3 is 2.41 bits per heavy atom. The summed E-state index contributed by atoms with van der Waals surface area (Å²) in [6, 6.07) is 11.6. The SMILES string of the molecule is CC(C)(C)OC(=O)NC1(CC#N)CCN(C(=O)OCc2ccccc2)CC1. The zero-order valence-corrected chi connectivity index (χ0v) is 16.2. The Morgan fingerprint density at radius 2 is 1.85 bits per heavy atom. The van der Waals surface area contributed by atoms with Gasteiger partial charge >= 0.3 is 12.2 Å². The van der Waals surface area contributed by atoms with E-state index in [2.05, 4.69) is 11.4 Å². The number of nitriles is 1. The number of carbonyl (C=O) groups is 2. The van der Waals surface area contributed by atoms with Crippen LogP contribution in [0.3, 0.4) is 0 Å². The molecule has 146 valence electrons. The average molecular weight is 373 g/mol. The first-order chi connectivity index (χ1) is 12.7. The number of amides is 2. The second-order valence-corrected chi connectivity index (χ2v) is 7.77. The minimum absolute atomic E-state index is 0.166. The molecule has 0 aromatic heterocycles. The third-order valence-corrected chi connectivity index (χ3v) is 4.37. The van der Waals surface area contributed by atoms with Gasteiger partial charge in [-0.1, -0.05) is 30.3 Å². The smallest absolute Gasteiger partial charge is 0.410 e. The standard InChI is InChI=1S/C20H27N3O4/c1-19(2,3)27-17(24)22-20(9-12-21)10-13-23(14-11-20)18(25)26-15-16-7-5-4-6-8-16/h4-8H,9-11,13-15H2,1-3H3,(H,22,24). The van der Waals surface area contributed by atoms with Gasteiger partial charge in [0.1, 0.15) is 12.2 Å². The molecular weight excluding hydrogens is 346 g/mol. The third kappa shape index (κ3) is 6.48. The number of carbonyl (C=O) groups excluding carboxylic acids is 2. The molecule has 0 spiro atoms. The maximum Gasteiger partial charge on any atom is 0.410 e. The molecule has 1 aliphatic heterocycles. The van der Waals surface area contributed by atoms with Gasteiger partial charge in [0.15, 0.2) is 0 Å². The van der Waals surface area contributed by atoms with Crippen LogP contribution < -0.4 is 5.32 Å². The predicted octanol–water partition coefficient (Wildman–Crippen LogP) is 3.60. The zero-order chi connectivity index (χ0) is 19.9. The lowest BCUT2D eigenvalue weighted by Gasteiger charge is -2.40. The van der Waals surface area contributed by atoms with Gasteiger partial charge in [0.25, 0.3) is 0 Å². The van der Waals surface area contributed by atoms with E-state index in [1.165, 1.54) is 0 Å². The Balaban J connectivity index is 1.88. The summed E-state index contributed by atoms with van der Waals surface area (Å²) in [5.74, 6) is 0. The molecule has 1 aromatic carbocycles. The van der Waals surface area contributed by atoms with Gasteiger partial charge in [0.2, 0.25) is 0 Å². The topological polar surface area (TPSA) is 91.7 Å². The molecule has 0 aliphatic carbocycles. The van der Waals surface area contributed by atoms with Gasteiger partial charge in [0, 0.05) is 13.1 Å². The first-order valence-corrected chi connectivity index (χ1v) is 9.07. The summed E-state index contributed by atoms with van der Waals surface area (Å²) in [4.78, 5) is 26.0. The quantitative estimate of drug-likeness (QED) is 0.871. The Labute approximate surface area is 160 Å². The molecule has 7 nitrogen and oxygen atoms in total. The molecular formula is C20H27N3O4. The normalized spacial score (nSPS) is 16.1. The number of ether oxygens (including phenoxy) is 2. The van der Waals surface area contributed by atoms with Crippen LogP contribution in [0.2, 0.25) is 0 Å². The average Bonchev–Trinajstić information content (AvgIpc) is 2.59. The van der Waals surface area contributed by atoms with Crippen molar-refractivity contribution < 1.29 is 19.1 Å². The van der Waals surface area contributed by atoms with Gasteiger partial charge in [-0.2, -0.15) is 5.26 Å². The van der Waals surface area contributed by atoms with Crippen molar-refractivity contribution in [3.63, 3.8) is 0 Å². The van der Waals surface area contributed by atoms with Crippen LogP contribution >= 0.6 is 0 Å². The van der Waals surface area contributed by atoms with E-state index in [1.54, 1.807) is 25.7 Å². The highest BCUT2D eigenvalue weighted by atomic mass is 16.6. The van der Waals surface area contributed by atoms with Crippen LogP contribution in [0, 0.1) is 11.3 Å². The molecule has 0 radical (unpaired) electrons. The second-order valence-electron chi connectivity index (χ2n) is 7.77. The second kappa shape index (κ2) is 8.76. The highest BCUT2D eigenvalue weighted by Crippen LogP contribution is 2.27. The summed E-state index contributed by atoms with van der Waals surface area (Å²) in [6.45, 7) is 6.39. The van der Waals surface area contributed by atoms with E-state index >= 15 is 0 Å². The summed E-state index contributed by atoms with van der Waals surface area (Å²) in [6.07, 6.45) is 0.180. The van der Waals surface area contributed by atoms with Crippen molar-refractivity contribution in [2.24, 2.45) is 0 Å². The fourth-order valence-electron chi connectivity index (χ4n) is 2.95. The Kier molecular flexibility index (Phi) is 6.67. The summed E-state index contributed by atoms with van der Waals surface area (Å²) in [5.41, 5.74) is -0.374. The minimum atomic E-state index is -0.687. The molecule has 1 aromatic rings. The summed E-state index contributed by atoms with van der Waals surface area (Å²) < 4.78 is 10.7. The number of alkyl carbamates (subject to hydrolysis) is 1. The molecule has 7 heteroatoms. The summed E-state index contributed by atoms with van der Waals surface area (Å²) >= 11 is 0. The molecule has 2 rings (SSSR count). The maximum absolute atomic E-state index is 12.3. The molecule has 1 heterocycles. The fraction of sp³-hybridized carbons (Fsp3) is 0.550. The first-order valence-electron chi connectivity index (χ1n) is 9.07. The number of nitrogens with zero attached hydrogens (tertiary/aromatic N) is 2. The monoisotopic (exact) mass is 373 g/mol. The van der Waals surface area contributed by atoms with E-state index in [0.29, 0.717) is 25.9 Å². The predicted molar refractivity (Wildman–Crippen MR) is 99.8 cm³/mol. The van der Waals surface area contributed by atoms with Crippen LogP contribution in [0.25, 0.3) is 0 Å². The molecule has 1 N–H and O–H groups in total. The van der Waals surface area contributed by atoms with Gasteiger partial charge in [-0.15, -0.1) is 0 Å². The van der Waals surface area contributed by atoms with Crippen molar-refractivity contribution >= 4 is 12.2 Å². The number of benzene rings is 1. The molecule has 1 fully saturated rings. The van der Waals surface area contributed by atoms with Gasteiger partial charge < -0.3 is 19.7 Å². The van der Waals surface area contributed by atoms with Crippen LogP contribution in [0.1, 0.15) is 45.6 Å². The maximum atomic E-state index is 12.3. The van der Waals surface area contributed by atoms with Crippen molar-refractivity contribution in [2.45, 2.75) is 57.8 Å². The van der Waals surface area contributed by atoms with Crippen LogP contribution in [0.15, 0.2) is 30.3 Å². The number of hydrogen-bond acceptors (Lipinski definition) is 5. The first kappa shape index (κ1) is 20.6. The minimum Gasteiger partial charge on any atom is -0.445 e. The molecule has 2 amide bonds. The van der Waals surface area contributed by atoms with E-state index in [-0.39, 0.29) is 19.1 Å². The molecule has 0 unspecified atom stereocenters. The largest absolute Gasteiger partial charge is 0.445 e. The van der Waals surface area contributed by atoms with Crippen molar-refractivity contribution in [1.82, 2.24) is 10.2 Å². The molecule has 0 saturated carbocycles. The highest BCUT2D eigenvalue weighted by molar-refractivity contribution is 5.70. The van der Waals surface area contributed by atoms with Crippen LogP contribution in [0.5, 0.6) is 0 Å². The third-order valence-electron chi connectivity index (χ3n) is 4.37. The number of rotatable bonds is 4. The number of hydrogen-bond donors (Lipinski definition) is 1. The van der Waals surface area contributed by atoms with E-state index in [9.17, 15) is 9.59 Å². The molecule has 0 bridgehead atoms. The Bertz CT molecular complexity index is 683. The van der Waals surface area contributed by atoms with Crippen molar-refractivity contribution in [2.75, 3.05) is 13.1 Å². The van der Waals surface area contributed by atoms with E-state index in [1.807, 2.05) is 30.3 Å². The van der Waals surface area contributed by atoms with Crippen LogP contribution in [-0.4, -0.2) is 41.3 Å². The lowest BCUT2D eigenvalue weighted by molar-refractivity contribution is 0.0371. The molecule has 1 saturated heterocycles. The van der Waals surface area contributed by atoms with E-state index in [0.717, 1.165) is 5.56 Å².